The van der Waals surface area contributed by atoms with E-state index in [1.165, 1.54) is 18.9 Å². The van der Waals surface area contributed by atoms with Crippen molar-refractivity contribution in [1.29, 1.82) is 0 Å². The van der Waals surface area contributed by atoms with Gasteiger partial charge in [-0.15, -0.1) is 0 Å². The summed E-state index contributed by atoms with van der Waals surface area (Å²) in [7, 11) is 0. The maximum absolute atomic E-state index is 13.8. The van der Waals surface area contributed by atoms with Crippen LogP contribution in [0, 0.1) is 12.7 Å². The summed E-state index contributed by atoms with van der Waals surface area (Å²) in [5.41, 5.74) is 1.88. The van der Waals surface area contributed by atoms with Crippen LogP contribution in [0.1, 0.15) is 64.0 Å². The second-order valence-electron chi connectivity index (χ2n) is 8.80. The molecule has 2 aromatic rings. The summed E-state index contributed by atoms with van der Waals surface area (Å²) in [4.78, 5) is 18.0. The van der Waals surface area contributed by atoms with Gasteiger partial charge in [-0.2, -0.15) is 0 Å². The molecule has 6 heteroatoms. The second kappa shape index (κ2) is 7.99. The summed E-state index contributed by atoms with van der Waals surface area (Å²) in [6.07, 6.45) is 7.36. The Morgan fingerprint density at radius 2 is 1.75 bits per heavy atom. The van der Waals surface area contributed by atoms with Crippen molar-refractivity contribution in [3.63, 3.8) is 0 Å². The highest BCUT2D eigenvalue weighted by Crippen LogP contribution is 2.31. The Labute approximate surface area is 165 Å². The van der Waals surface area contributed by atoms with Crippen molar-refractivity contribution in [2.45, 2.75) is 83.6 Å². The fourth-order valence-corrected chi connectivity index (χ4v) is 5.05. The molecule has 2 aliphatic rings. The number of hydrogen-bond donors (Lipinski definition) is 1. The first-order valence-electron chi connectivity index (χ1n) is 10.7. The summed E-state index contributed by atoms with van der Waals surface area (Å²) in [5, 5.41) is 0. The van der Waals surface area contributed by atoms with E-state index in [0.29, 0.717) is 29.3 Å². The van der Waals surface area contributed by atoms with Crippen LogP contribution in [-0.2, 0) is 4.74 Å². The van der Waals surface area contributed by atoms with E-state index in [1.807, 2.05) is 4.57 Å². The van der Waals surface area contributed by atoms with Crippen molar-refractivity contribution in [2.75, 3.05) is 13.1 Å². The van der Waals surface area contributed by atoms with Crippen LogP contribution < -0.4 is 5.69 Å². The lowest BCUT2D eigenvalue weighted by atomic mass is 9.90. The van der Waals surface area contributed by atoms with E-state index in [0.717, 1.165) is 44.3 Å². The Hall–Kier alpha value is -1.66. The Balaban J connectivity index is 1.40. The fourth-order valence-electron chi connectivity index (χ4n) is 5.05. The number of halogens is 1. The van der Waals surface area contributed by atoms with Crippen molar-refractivity contribution >= 4 is 11.0 Å². The molecule has 1 saturated heterocycles. The van der Waals surface area contributed by atoms with Gasteiger partial charge in [-0.25, -0.2) is 9.18 Å². The van der Waals surface area contributed by atoms with Gasteiger partial charge in [-0.05, 0) is 77.0 Å². The normalized spacial score (nSPS) is 25.0. The van der Waals surface area contributed by atoms with Crippen molar-refractivity contribution in [3.05, 3.63) is 34.0 Å². The molecule has 0 radical (unpaired) electrons. The van der Waals surface area contributed by atoms with Gasteiger partial charge in [-0.3, -0.25) is 4.57 Å². The number of hydrogen-bond acceptors (Lipinski definition) is 3. The number of aromatic nitrogens is 2. The summed E-state index contributed by atoms with van der Waals surface area (Å²) in [6, 6.07) is 4.06. The van der Waals surface area contributed by atoms with Crippen LogP contribution in [0.15, 0.2) is 16.9 Å². The van der Waals surface area contributed by atoms with E-state index in [9.17, 15) is 9.18 Å². The molecule has 1 N–H and O–H groups in total. The standard InChI is InChI=1S/C22H32FN3O2/c1-14(2)28-18-6-4-16(5-7-18)25-10-8-17(9-11-25)26-21-12-15(3)19(23)13-20(21)24-22(26)27/h12-14,16-18H,4-11H2,1-3H3,(H,24,27)/t16-,18-. The molecule has 0 spiro atoms. The van der Waals surface area contributed by atoms with Gasteiger partial charge in [0.1, 0.15) is 5.82 Å². The molecule has 0 bridgehead atoms. The van der Waals surface area contributed by atoms with Crippen LogP contribution >= 0.6 is 0 Å². The number of nitrogens with zero attached hydrogens (tertiary/aromatic N) is 2. The molecule has 0 amide bonds. The van der Waals surface area contributed by atoms with Gasteiger partial charge in [-0.1, -0.05) is 0 Å². The average molecular weight is 390 g/mol. The Morgan fingerprint density at radius 3 is 2.39 bits per heavy atom. The number of aromatic amines is 1. The minimum atomic E-state index is -0.271. The topological polar surface area (TPSA) is 50.3 Å². The summed E-state index contributed by atoms with van der Waals surface area (Å²) in [6.45, 7) is 8.01. The number of aryl methyl sites for hydroxylation is 1. The highest BCUT2D eigenvalue weighted by molar-refractivity contribution is 5.76. The van der Waals surface area contributed by atoms with E-state index in [1.54, 1.807) is 13.0 Å². The third kappa shape index (κ3) is 3.90. The molecule has 1 aliphatic heterocycles. The van der Waals surface area contributed by atoms with Crippen LogP contribution in [0.3, 0.4) is 0 Å². The van der Waals surface area contributed by atoms with Crippen LogP contribution in [-0.4, -0.2) is 45.8 Å². The molecule has 1 saturated carbocycles. The molecule has 28 heavy (non-hydrogen) atoms. The van der Waals surface area contributed by atoms with E-state index in [-0.39, 0.29) is 17.5 Å². The zero-order valence-corrected chi connectivity index (χ0v) is 17.2. The Bertz CT molecular complexity index is 872. The first-order valence-corrected chi connectivity index (χ1v) is 10.7. The Kier molecular flexibility index (Phi) is 5.61. The summed E-state index contributed by atoms with van der Waals surface area (Å²) < 4.78 is 21.7. The number of imidazole rings is 1. The third-order valence-electron chi connectivity index (χ3n) is 6.49. The van der Waals surface area contributed by atoms with Crippen LogP contribution in [0.5, 0.6) is 0 Å². The lowest BCUT2D eigenvalue weighted by Crippen LogP contribution is -2.45. The number of piperidine rings is 1. The van der Waals surface area contributed by atoms with Crippen molar-refractivity contribution in [2.24, 2.45) is 0 Å². The molecule has 0 unspecified atom stereocenters. The fraction of sp³-hybridized carbons (Fsp3) is 0.682. The number of fused-ring (bicyclic) bond motifs is 1. The van der Waals surface area contributed by atoms with Gasteiger partial charge in [0.15, 0.2) is 0 Å². The van der Waals surface area contributed by atoms with Gasteiger partial charge in [0, 0.05) is 25.2 Å². The van der Waals surface area contributed by atoms with Crippen LogP contribution in [0.25, 0.3) is 11.0 Å². The molecular weight excluding hydrogens is 357 g/mol. The maximum Gasteiger partial charge on any atom is 0.326 e. The largest absolute Gasteiger partial charge is 0.376 e. The zero-order valence-electron chi connectivity index (χ0n) is 17.2. The molecule has 5 nitrogen and oxygen atoms in total. The number of nitrogens with one attached hydrogen (secondary N) is 1. The monoisotopic (exact) mass is 389 g/mol. The van der Waals surface area contributed by atoms with Gasteiger partial charge >= 0.3 is 5.69 Å². The molecule has 2 fully saturated rings. The molecule has 0 atom stereocenters. The minimum Gasteiger partial charge on any atom is -0.376 e. The van der Waals surface area contributed by atoms with Crippen LogP contribution in [0.4, 0.5) is 4.39 Å². The number of benzene rings is 1. The van der Waals surface area contributed by atoms with Gasteiger partial charge in [0.05, 0.1) is 23.2 Å². The van der Waals surface area contributed by atoms with E-state index < -0.39 is 0 Å². The predicted octanol–water partition coefficient (Wildman–Crippen LogP) is 4.15. The number of ether oxygens (including phenoxy) is 1. The maximum atomic E-state index is 13.8. The van der Waals surface area contributed by atoms with E-state index in [2.05, 4.69) is 23.7 Å². The quantitative estimate of drug-likeness (QED) is 0.855. The SMILES string of the molecule is Cc1cc2c(cc1F)[nH]c(=O)n2C1CCN([C@H]2CC[C@H](OC(C)C)CC2)CC1. The first kappa shape index (κ1) is 19.6. The Morgan fingerprint density at radius 1 is 1.07 bits per heavy atom. The van der Waals surface area contributed by atoms with E-state index in [4.69, 9.17) is 4.74 Å². The highest BCUT2D eigenvalue weighted by atomic mass is 19.1. The molecule has 1 aromatic heterocycles. The minimum absolute atomic E-state index is 0.121. The van der Waals surface area contributed by atoms with Crippen LogP contribution in [0.2, 0.25) is 0 Å². The number of rotatable bonds is 4. The smallest absolute Gasteiger partial charge is 0.326 e. The van der Waals surface area contributed by atoms with Crippen molar-refractivity contribution in [1.82, 2.24) is 14.5 Å². The average Bonchev–Trinajstić information content (AvgIpc) is 2.97. The van der Waals surface area contributed by atoms with Crippen molar-refractivity contribution in [3.8, 4) is 0 Å². The van der Waals surface area contributed by atoms with Gasteiger partial charge in [0.25, 0.3) is 0 Å². The second-order valence-corrected chi connectivity index (χ2v) is 8.80. The molecule has 2 heterocycles. The third-order valence-corrected chi connectivity index (χ3v) is 6.49. The molecular formula is C22H32FN3O2. The molecule has 4 rings (SSSR count). The van der Waals surface area contributed by atoms with E-state index >= 15 is 0 Å². The molecule has 1 aliphatic carbocycles. The summed E-state index contributed by atoms with van der Waals surface area (Å²) in [5.74, 6) is -0.271. The first-order chi connectivity index (χ1) is 13.4. The number of H-pyrrole nitrogens is 1. The zero-order chi connectivity index (χ0) is 19.8. The number of likely N-dealkylation sites (tertiary alicyclic amines) is 1. The highest BCUT2D eigenvalue weighted by Gasteiger charge is 2.31. The van der Waals surface area contributed by atoms with Gasteiger partial charge in [0.2, 0.25) is 0 Å². The van der Waals surface area contributed by atoms with Crippen molar-refractivity contribution < 1.29 is 9.13 Å². The lowest BCUT2D eigenvalue weighted by molar-refractivity contribution is -0.0289. The molecule has 154 valence electrons. The van der Waals surface area contributed by atoms with Gasteiger partial charge < -0.3 is 14.6 Å². The lowest BCUT2D eigenvalue weighted by Gasteiger charge is -2.41. The molecule has 1 aromatic carbocycles. The predicted molar refractivity (Wildman–Crippen MR) is 109 cm³/mol. The summed E-state index contributed by atoms with van der Waals surface area (Å²) >= 11 is 0.